The van der Waals surface area contributed by atoms with Crippen molar-refractivity contribution in [1.29, 1.82) is 0 Å². The van der Waals surface area contributed by atoms with Gasteiger partial charge in [-0.1, -0.05) is 11.8 Å². The second-order valence-electron chi connectivity index (χ2n) is 3.51. The first kappa shape index (κ1) is 8.53. The lowest BCUT2D eigenvalue weighted by Gasteiger charge is -2.18. The minimum atomic E-state index is 0.270. The molecule has 1 unspecified atom stereocenters. The van der Waals surface area contributed by atoms with Crippen molar-refractivity contribution in [2.24, 2.45) is 5.92 Å². The summed E-state index contributed by atoms with van der Waals surface area (Å²) in [5, 5.41) is 9.46. The fourth-order valence-corrected chi connectivity index (χ4v) is 2.76. The Bertz CT molecular complexity index is 209. The molecule has 68 valence electrons. The van der Waals surface area contributed by atoms with Gasteiger partial charge in [-0.25, -0.2) is 0 Å². The van der Waals surface area contributed by atoms with Gasteiger partial charge >= 0.3 is 0 Å². The molecule has 0 amide bonds. The zero-order valence-electron chi connectivity index (χ0n) is 7.06. The van der Waals surface area contributed by atoms with Gasteiger partial charge in [-0.2, -0.15) is 0 Å². The van der Waals surface area contributed by atoms with Crippen LogP contribution in [0.15, 0.2) is 0 Å². The molecule has 0 aromatic rings. The zero-order valence-corrected chi connectivity index (χ0v) is 7.88. The molecule has 1 aliphatic heterocycles. The van der Waals surface area contributed by atoms with Crippen LogP contribution in [0.2, 0.25) is 0 Å². The highest BCUT2D eigenvalue weighted by Crippen LogP contribution is 2.41. The third-order valence-corrected chi connectivity index (χ3v) is 3.63. The molecule has 0 aromatic carbocycles. The van der Waals surface area contributed by atoms with Crippen LogP contribution in [0.5, 0.6) is 0 Å². The summed E-state index contributed by atoms with van der Waals surface area (Å²) in [6, 6.07) is 0.476. The van der Waals surface area contributed by atoms with Crippen molar-refractivity contribution in [3.63, 3.8) is 0 Å². The molecule has 3 atom stereocenters. The molecule has 0 radical (unpaired) electrons. The van der Waals surface area contributed by atoms with Crippen LogP contribution in [-0.2, 0) is 4.79 Å². The first-order valence-electron chi connectivity index (χ1n) is 4.28. The summed E-state index contributed by atoms with van der Waals surface area (Å²) in [5.41, 5.74) is 0. The minimum absolute atomic E-state index is 0.270. The molecule has 12 heavy (non-hydrogen) atoms. The molecule has 2 aliphatic rings. The van der Waals surface area contributed by atoms with Gasteiger partial charge in [-0.15, -0.1) is 0 Å². The molecule has 2 rings (SSSR count). The van der Waals surface area contributed by atoms with Crippen LogP contribution in [-0.4, -0.2) is 39.7 Å². The quantitative estimate of drug-likeness (QED) is 0.674. The lowest BCUT2D eigenvalue weighted by atomic mass is 10.4. The molecule has 1 N–H and O–H groups in total. The van der Waals surface area contributed by atoms with Gasteiger partial charge in [-0.05, 0) is 19.3 Å². The van der Waals surface area contributed by atoms with Gasteiger partial charge in [0.25, 0.3) is 0 Å². The fourth-order valence-electron chi connectivity index (χ4n) is 1.79. The van der Waals surface area contributed by atoms with Gasteiger partial charge < -0.3 is 5.11 Å². The lowest BCUT2D eigenvalue weighted by molar-refractivity contribution is -0.111. The summed E-state index contributed by atoms with van der Waals surface area (Å²) in [7, 11) is 0. The Labute approximate surface area is 76.1 Å². The van der Waals surface area contributed by atoms with Crippen LogP contribution in [0.3, 0.4) is 0 Å². The van der Waals surface area contributed by atoms with Gasteiger partial charge in [0, 0.05) is 12.6 Å². The van der Waals surface area contributed by atoms with Gasteiger partial charge in [0.15, 0.2) is 0 Å². The predicted molar refractivity (Wildman–Crippen MR) is 47.7 cm³/mol. The Balaban J connectivity index is 1.93. The Kier molecular flexibility index (Phi) is 2.14. The van der Waals surface area contributed by atoms with Crippen molar-refractivity contribution in [2.45, 2.75) is 24.8 Å². The number of rotatable bonds is 2. The number of carbonyl (C=O) groups is 1. The predicted octanol–water partition coefficient (Wildman–Crippen LogP) is 0.289. The number of aliphatic hydroxyl groups is 1. The van der Waals surface area contributed by atoms with Crippen molar-refractivity contribution in [3.05, 3.63) is 0 Å². The largest absolute Gasteiger partial charge is 0.396 e. The van der Waals surface area contributed by atoms with Gasteiger partial charge in [0.2, 0.25) is 5.12 Å². The topological polar surface area (TPSA) is 40.5 Å². The van der Waals surface area contributed by atoms with E-state index >= 15 is 0 Å². The van der Waals surface area contributed by atoms with Crippen LogP contribution in [0, 0.1) is 5.92 Å². The Hall–Kier alpha value is -0.0600. The van der Waals surface area contributed by atoms with Crippen molar-refractivity contribution in [3.8, 4) is 0 Å². The van der Waals surface area contributed by atoms with E-state index in [1.54, 1.807) is 0 Å². The molecule has 1 saturated heterocycles. The van der Waals surface area contributed by atoms with Crippen molar-refractivity contribution in [2.75, 3.05) is 13.2 Å². The van der Waals surface area contributed by atoms with E-state index in [4.69, 9.17) is 5.11 Å². The van der Waals surface area contributed by atoms with E-state index in [2.05, 4.69) is 11.8 Å². The summed E-state index contributed by atoms with van der Waals surface area (Å²) < 4.78 is 0. The van der Waals surface area contributed by atoms with Crippen molar-refractivity contribution >= 4 is 16.9 Å². The second kappa shape index (κ2) is 3.01. The standard InChI is InChI=1S/C8H13NO2S/c1-5-9(3-8(11)12-5)7-2-6(7)4-10/h5-7,10H,2-4H2,1H3/t5?,6-,7+/m0/s1. The highest BCUT2D eigenvalue weighted by atomic mass is 32.2. The van der Waals surface area contributed by atoms with Crippen molar-refractivity contribution in [1.82, 2.24) is 4.90 Å². The molecule has 0 bridgehead atoms. The van der Waals surface area contributed by atoms with Crippen LogP contribution < -0.4 is 0 Å². The number of carbonyl (C=O) groups excluding carboxylic acids is 1. The van der Waals surface area contributed by atoms with Crippen LogP contribution >= 0.6 is 11.8 Å². The summed E-state index contributed by atoms with van der Waals surface area (Å²) in [5.74, 6) is 0.430. The summed E-state index contributed by atoms with van der Waals surface area (Å²) >= 11 is 1.41. The third kappa shape index (κ3) is 1.39. The normalized spacial score (nSPS) is 42.2. The average Bonchev–Trinajstić information content (AvgIpc) is 2.72. The van der Waals surface area contributed by atoms with Gasteiger partial charge in [-0.3, -0.25) is 9.69 Å². The Morgan fingerprint density at radius 2 is 2.50 bits per heavy atom. The molecule has 1 heterocycles. The van der Waals surface area contributed by atoms with Gasteiger partial charge in [0.05, 0.1) is 11.9 Å². The lowest BCUT2D eigenvalue weighted by Crippen LogP contribution is -2.30. The summed E-state index contributed by atoms with van der Waals surface area (Å²) in [6.07, 6.45) is 1.06. The summed E-state index contributed by atoms with van der Waals surface area (Å²) in [6.45, 7) is 2.90. The zero-order chi connectivity index (χ0) is 8.72. The monoisotopic (exact) mass is 187 g/mol. The maximum Gasteiger partial charge on any atom is 0.204 e. The molecule has 4 heteroatoms. The van der Waals surface area contributed by atoms with E-state index in [1.165, 1.54) is 11.8 Å². The Morgan fingerprint density at radius 3 is 2.92 bits per heavy atom. The van der Waals surface area contributed by atoms with Gasteiger partial charge in [0.1, 0.15) is 0 Å². The highest BCUT2D eigenvalue weighted by molar-refractivity contribution is 8.14. The van der Waals surface area contributed by atoms with Crippen LogP contribution in [0.4, 0.5) is 0 Å². The summed E-state index contributed by atoms with van der Waals surface area (Å²) in [4.78, 5) is 13.3. The van der Waals surface area contributed by atoms with Crippen LogP contribution in [0.25, 0.3) is 0 Å². The number of thioether (sulfide) groups is 1. The molecule has 1 aliphatic carbocycles. The molecule has 2 fully saturated rings. The molecular formula is C8H13NO2S. The third-order valence-electron chi connectivity index (χ3n) is 2.63. The molecular weight excluding hydrogens is 174 g/mol. The minimum Gasteiger partial charge on any atom is -0.396 e. The van der Waals surface area contributed by atoms with E-state index < -0.39 is 0 Å². The van der Waals surface area contributed by atoms with Crippen LogP contribution in [0.1, 0.15) is 13.3 Å². The first-order chi connectivity index (χ1) is 5.72. The number of hydrogen-bond donors (Lipinski definition) is 1. The first-order valence-corrected chi connectivity index (χ1v) is 5.16. The number of nitrogens with zero attached hydrogens (tertiary/aromatic N) is 1. The smallest absolute Gasteiger partial charge is 0.204 e. The molecule has 1 saturated carbocycles. The molecule has 0 spiro atoms. The Morgan fingerprint density at radius 1 is 1.75 bits per heavy atom. The van der Waals surface area contributed by atoms with E-state index in [9.17, 15) is 4.79 Å². The van der Waals surface area contributed by atoms with Crippen molar-refractivity contribution < 1.29 is 9.90 Å². The van der Waals surface area contributed by atoms with E-state index in [0.29, 0.717) is 23.9 Å². The number of aliphatic hydroxyl groups excluding tert-OH is 1. The molecule has 3 nitrogen and oxygen atoms in total. The average molecular weight is 187 g/mol. The second-order valence-corrected chi connectivity index (χ2v) is 4.88. The maximum absolute atomic E-state index is 11.0. The number of hydrogen-bond acceptors (Lipinski definition) is 4. The fraction of sp³-hybridized carbons (Fsp3) is 0.875. The highest BCUT2D eigenvalue weighted by Gasteiger charge is 2.46. The van der Waals surface area contributed by atoms with E-state index in [1.807, 2.05) is 0 Å². The SMILES string of the molecule is CC1SC(=O)CN1[C@@H]1C[C@H]1CO. The maximum atomic E-state index is 11.0. The van der Waals surface area contributed by atoms with E-state index in [0.717, 1.165) is 6.42 Å². The molecule has 0 aromatic heterocycles. The van der Waals surface area contributed by atoms with E-state index in [-0.39, 0.29) is 11.7 Å².